The summed E-state index contributed by atoms with van der Waals surface area (Å²) in [6, 6.07) is 2.09. The lowest BCUT2D eigenvalue weighted by Gasteiger charge is -2.32. The number of ether oxygens (including phenoxy) is 1. The molecule has 0 unspecified atom stereocenters. The molecule has 1 aromatic rings. The Morgan fingerprint density at radius 2 is 2.12 bits per heavy atom. The number of carbonyl (C=O) groups is 1. The van der Waals surface area contributed by atoms with Crippen molar-refractivity contribution in [2.75, 3.05) is 32.1 Å². The van der Waals surface area contributed by atoms with Crippen molar-refractivity contribution in [2.45, 2.75) is 36.6 Å². The molecule has 0 spiro atoms. The molecule has 0 aromatic carbocycles. The molecule has 1 N–H and O–H groups in total. The second kappa shape index (κ2) is 6.98. The van der Waals surface area contributed by atoms with Gasteiger partial charge in [-0.1, -0.05) is 0 Å². The first kappa shape index (κ1) is 17.5. The Kier molecular flexibility index (Phi) is 4.87. The van der Waals surface area contributed by atoms with Crippen molar-refractivity contribution in [1.82, 2.24) is 10.2 Å². The zero-order valence-electron chi connectivity index (χ0n) is 14.1. The molecular weight excluding hydrogens is 360 g/mol. The number of amides is 1. The van der Waals surface area contributed by atoms with Crippen molar-refractivity contribution < 1.29 is 17.9 Å². The molecule has 3 saturated heterocycles. The minimum Gasteiger partial charge on any atom is -0.381 e. The van der Waals surface area contributed by atoms with Crippen LogP contribution in [0.1, 0.15) is 18.4 Å². The Morgan fingerprint density at radius 1 is 1.32 bits per heavy atom. The van der Waals surface area contributed by atoms with Gasteiger partial charge in [0.2, 0.25) is 5.91 Å². The van der Waals surface area contributed by atoms with Crippen LogP contribution in [0.5, 0.6) is 0 Å². The smallest absolute Gasteiger partial charge is 0.224 e. The Hall–Kier alpha value is -0.960. The van der Waals surface area contributed by atoms with Crippen LogP contribution >= 0.6 is 11.3 Å². The van der Waals surface area contributed by atoms with Crippen molar-refractivity contribution >= 4 is 27.1 Å². The van der Waals surface area contributed by atoms with Gasteiger partial charge in [0, 0.05) is 44.3 Å². The maximum absolute atomic E-state index is 12.6. The molecule has 4 rings (SSSR count). The molecule has 6 nitrogen and oxygen atoms in total. The number of carbonyl (C=O) groups excluding carboxylic acids is 1. The summed E-state index contributed by atoms with van der Waals surface area (Å²) in [6.07, 6.45) is 2.25. The molecule has 4 heterocycles. The van der Waals surface area contributed by atoms with Gasteiger partial charge in [0.1, 0.15) is 0 Å². The topological polar surface area (TPSA) is 75.7 Å². The van der Waals surface area contributed by atoms with Crippen molar-refractivity contribution in [2.24, 2.45) is 5.92 Å². The molecule has 0 radical (unpaired) electrons. The number of fused-ring (bicyclic) bond motifs is 1. The zero-order chi connectivity index (χ0) is 17.4. The Bertz CT molecular complexity index is 713. The van der Waals surface area contributed by atoms with Gasteiger partial charge >= 0.3 is 0 Å². The number of thiophene rings is 1. The van der Waals surface area contributed by atoms with E-state index in [1.165, 1.54) is 0 Å². The summed E-state index contributed by atoms with van der Waals surface area (Å²) in [5, 5.41) is 6.57. The molecule has 3 fully saturated rings. The monoisotopic (exact) mass is 384 g/mol. The fourth-order valence-electron chi connectivity index (χ4n) is 4.43. The third kappa shape index (κ3) is 3.63. The van der Waals surface area contributed by atoms with Crippen LogP contribution in [0.2, 0.25) is 0 Å². The third-order valence-electron chi connectivity index (χ3n) is 5.73. The number of sulfone groups is 1. The quantitative estimate of drug-likeness (QED) is 0.826. The van der Waals surface area contributed by atoms with E-state index in [0.29, 0.717) is 19.0 Å². The third-order valence-corrected chi connectivity index (χ3v) is 8.70. The van der Waals surface area contributed by atoms with Gasteiger partial charge in [0.05, 0.1) is 17.4 Å². The lowest BCUT2D eigenvalue weighted by atomic mass is 10.00. The fourth-order valence-corrected chi connectivity index (χ4v) is 7.40. The van der Waals surface area contributed by atoms with E-state index in [4.69, 9.17) is 4.74 Å². The van der Waals surface area contributed by atoms with Gasteiger partial charge in [-0.05, 0) is 35.2 Å². The predicted octanol–water partition coefficient (Wildman–Crippen LogP) is 0.683. The lowest BCUT2D eigenvalue weighted by Crippen LogP contribution is -2.44. The van der Waals surface area contributed by atoms with Crippen LogP contribution in [-0.2, 0) is 25.8 Å². The molecule has 3 atom stereocenters. The van der Waals surface area contributed by atoms with Crippen molar-refractivity contribution in [3.63, 3.8) is 0 Å². The number of rotatable bonds is 4. The van der Waals surface area contributed by atoms with Crippen molar-refractivity contribution in [3.05, 3.63) is 22.4 Å². The van der Waals surface area contributed by atoms with Gasteiger partial charge in [0.15, 0.2) is 9.84 Å². The van der Waals surface area contributed by atoms with Gasteiger partial charge in [-0.2, -0.15) is 11.3 Å². The van der Waals surface area contributed by atoms with Crippen molar-refractivity contribution in [1.29, 1.82) is 0 Å². The number of likely N-dealkylation sites (tertiary alicyclic amines) is 1. The number of nitrogens with one attached hydrogen (secondary N) is 1. The Morgan fingerprint density at radius 3 is 2.84 bits per heavy atom. The van der Waals surface area contributed by atoms with Crippen LogP contribution in [-0.4, -0.2) is 68.6 Å². The van der Waals surface area contributed by atoms with Crippen LogP contribution in [0.3, 0.4) is 0 Å². The minimum atomic E-state index is -3.14. The van der Waals surface area contributed by atoms with Crippen LogP contribution in [0.25, 0.3) is 0 Å². The highest BCUT2D eigenvalue weighted by atomic mass is 32.2. The van der Waals surface area contributed by atoms with Crippen LogP contribution < -0.4 is 5.32 Å². The van der Waals surface area contributed by atoms with Crippen molar-refractivity contribution in [3.8, 4) is 0 Å². The van der Waals surface area contributed by atoms with E-state index < -0.39 is 9.84 Å². The number of hydrogen-bond donors (Lipinski definition) is 1. The second-order valence-electron chi connectivity index (χ2n) is 7.31. The standard InChI is InChI=1S/C17H24N2O4S2/c20-17(7-12-3-6-24-10-12)18-15-11-25(21,22)16-9-19(8-14(15)16)13-1-4-23-5-2-13/h3,6,10,13-16H,1-2,4-5,7-9,11H2,(H,18,20)/t14-,15+,16-/m0/s1. The maximum atomic E-state index is 12.6. The number of nitrogens with zero attached hydrogens (tertiary/aromatic N) is 1. The average molecular weight is 385 g/mol. The van der Waals surface area contributed by atoms with E-state index >= 15 is 0 Å². The van der Waals surface area contributed by atoms with E-state index in [-0.39, 0.29) is 28.9 Å². The molecular formula is C17H24N2O4S2. The van der Waals surface area contributed by atoms with Crippen LogP contribution in [0.4, 0.5) is 0 Å². The van der Waals surface area contributed by atoms with Crippen LogP contribution in [0, 0.1) is 5.92 Å². The molecule has 8 heteroatoms. The summed E-state index contributed by atoms with van der Waals surface area (Å²) in [5.74, 6) is 0.0160. The maximum Gasteiger partial charge on any atom is 0.224 e. The van der Waals surface area contributed by atoms with Gasteiger partial charge < -0.3 is 10.1 Å². The first-order valence-electron chi connectivity index (χ1n) is 8.87. The average Bonchev–Trinajstić information content (AvgIpc) is 3.28. The largest absolute Gasteiger partial charge is 0.381 e. The summed E-state index contributed by atoms with van der Waals surface area (Å²) >= 11 is 1.56. The van der Waals surface area contributed by atoms with E-state index in [1.807, 2.05) is 16.8 Å². The highest BCUT2D eigenvalue weighted by Crippen LogP contribution is 2.36. The first-order valence-corrected chi connectivity index (χ1v) is 11.5. The van der Waals surface area contributed by atoms with E-state index in [9.17, 15) is 13.2 Å². The second-order valence-corrected chi connectivity index (χ2v) is 10.4. The molecule has 3 aliphatic heterocycles. The highest BCUT2D eigenvalue weighted by molar-refractivity contribution is 7.92. The van der Waals surface area contributed by atoms with Gasteiger partial charge in [-0.15, -0.1) is 0 Å². The minimum absolute atomic E-state index is 0.0132. The van der Waals surface area contributed by atoms with Gasteiger partial charge in [0.25, 0.3) is 0 Å². The number of hydrogen-bond acceptors (Lipinski definition) is 6. The van der Waals surface area contributed by atoms with E-state index in [2.05, 4.69) is 10.2 Å². The molecule has 0 aliphatic carbocycles. The molecule has 0 saturated carbocycles. The predicted molar refractivity (Wildman–Crippen MR) is 96.4 cm³/mol. The summed E-state index contributed by atoms with van der Waals surface area (Å²) in [5.41, 5.74) is 0.982. The summed E-state index contributed by atoms with van der Waals surface area (Å²) in [7, 11) is -3.14. The summed E-state index contributed by atoms with van der Waals surface area (Å²) in [4.78, 5) is 14.6. The van der Waals surface area contributed by atoms with Gasteiger partial charge in [-0.3, -0.25) is 9.69 Å². The fraction of sp³-hybridized carbons (Fsp3) is 0.706. The van der Waals surface area contributed by atoms with E-state index in [1.54, 1.807) is 11.3 Å². The van der Waals surface area contributed by atoms with Crippen LogP contribution in [0.15, 0.2) is 16.8 Å². The molecule has 0 bridgehead atoms. The highest BCUT2D eigenvalue weighted by Gasteiger charge is 2.53. The zero-order valence-corrected chi connectivity index (χ0v) is 15.7. The summed E-state index contributed by atoms with van der Waals surface area (Å²) in [6.45, 7) is 2.88. The normalized spacial score (nSPS) is 32.6. The molecule has 138 valence electrons. The first-order chi connectivity index (χ1) is 12.0. The Labute approximate surface area is 152 Å². The lowest BCUT2D eigenvalue weighted by molar-refractivity contribution is -0.121. The SMILES string of the molecule is O=C(Cc1ccsc1)N[C@@H]1CS(=O)(=O)[C@H]2CN(C3CCOCC3)C[C@@H]12. The molecule has 3 aliphatic rings. The summed E-state index contributed by atoms with van der Waals surface area (Å²) < 4.78 is 30.6. The Balaban J connectivity index is 1.42. The van der Waals surface area contributed by atoms with Gasteiger partial charge in [-0.25, -0.2) is 8.42 Å². The molecule has 1 amide bonds. The molecule has 25 heavy (non-hydrogen) atoms. The molecule has 1 aromatic heterocycles. The van der Waals surface area contributed by atoms with E-state index in [0.717, 1.165) is 38.2 Å².